The summed E-state index contributed by atoms with van der Waals surface area (Å²) in [5, 5.41) is 10.4. The molecule has 0 saturated carbocycles. The number of epoxide rings is 1. The zero-order chi connectivity index (χ0) is 19.2. The first-order chi connectivity index (χ1) is 12.1. The molecular weight excluding hydrogens is 336 g/mol. The van der Waals surface area contributed by atoms with Crippen LogP contribution < -0.4 is 0 Å². The molecule has 0 aromatic heterocycles. The van der Waals surface area contributed by atoms with E-state index in [0.717, 1.165) is 5.57 Å². The van der Waals surface area contributed by atoms with Crippen molar-refractivity contribution in [2.75, 3.05) is 0 Å². The van der Waals surface area contributed by atoms with E-state index in [9.17, 15) is 14.7 Å². The van der Waals surface area contributed by atoms with Crippen LogP contribution in [0.4, 0.5) is 0 Å². The molecule has 0 bridgehead atoms. The number of esters is 2. The SMILES string of the molecule is C=C1C(=O)O[C@@H]2/C=C(/C)[C@H](O)C[C@H]3O[C@]3(C)C[C@@H](OC(=O)CC(C)C)[C@@H]12. The number of hydrogen-bond acceptors (Lipinski definition) is 6. The van der Waals surface area contributed by atoms with Gasteiger partial charge in [-0.25, -0.2) is 4.79 Å². The van der Waals surface area contributed by atoms with Crippen LogP contribution in [-0.4, -0.2) is 47.1 Å². The van der Waals surface area contributed by atoms with E-state index >= 15 is 0 Å². The van der Waals surface area contributed by atoms with Crippen molar-refractivity contribution in [2.45, 2.75) is 77.0 Å². The molecule has 0 spiro atoms. The Bertz CT molecular complexity index is 651. The maximum absolute atomic E-state index is 12.3. The molecule has 2 saturated heterocycles. The highest BCUT2D eigenvalue weighted by molar-refractivity contribution is 5.91. The number of carbonyl (C=O) groups is 2. The second-order valence-corrected chi connectivity index (χ2v) is 8.33. The van der Waals surface area contributed by atoms with Crippen molar-refractivity contribution in [3.05, 3.63) is 23.8 Å². The first-order valence-electron chi connectivity index (χ1n) is 9.24. The first-order valence-corrected chi connectivity index (χ1v) is 9.24. The minimum Gasteiger partial charge on any atom is -0.461 e. The summed E-state index contributed by atoms with van der Waals surface area (Å²) in [5.74, 6) is -1.07. The van der Waals surface area contributed by atoms with E-state index in [1.54, 1.807) is 13.0 Å². The van der Waals surface area contributed by atoms with E-state index in [-0.39, 0.29) is 18.0 Å². The van der Waals surface area contributed by atoms with Crippen molar-refractivity contribution in [1.29, 1.82) is 0 Å². The maximum Gasteiger partial charge on any atom is 0.334 e. The molecule has 2 aliphatic heterocycles. The normalized spacial score (nSPS) is 41.6. The van der Waals surface area contributed by atoms with E-state index in [0.29, 0.717) is 24.8 Å². The molecule has 0 radical (unpaired) electrons. The molecule has 6 heteroatoms. The van der Waals surface area contributed by atoms with Crippen LogP contribution >= 0.6 is 0 Å². The van der Waals surface area contributed by atoms with E-state index in [1.807, 2.05) is 20.8 Å². The fraction of sp³-hybridized carbons (Fsp3) is 0.700. The summed E-state index contributed by atoms with van der Waals surface area (Å²) >= 11 is 0. The van der Waals surface area contributed by atoms with Gasteiger partial charge in [-0.15, -0.1) is 0 Å². The van der Waals surface area contributed by atoms with Crippen LogP contribution in [-0.2, 0) is 23.8 Å². The third kappa shape index (κ3) is 3.71. The molecule has 6 atom stereocenters. The fourth-order valence-electron chi connectivity index (χ4n) is 3.90. The molecule has 6 nitrogen and oxygen atoms in total. The lowest BCUT2D eigenvalue weighted by atomic mass is 9.82. The van der Waals surface area contributed by atoms with Gasteiger partial charge in [0.1, 0.15) is 12.2 Å². The highest BCUT2D eigenvalue weighted by atomic mass is 16.6. The van der Waals surface area contributed by atoms with E-state index in [4.69, 9.17) is 14.2 Å². The fourth-order valence-corrected chi connectivity index (χ4v) is 3.90. The summed E-state index contributed by atoms with van der Waals surface area (Å²) in [6.45, 7) is 11.5. The van der Waals surface area contributed by atoms with Crippen LogP contribution in [0.25, 0.3) is 0 Å². The van der Waals surface area contributed by atoms with E-state index < -0.39 is 35.8 Å². The van der Waals surface area contributed by atoms with Crippen LogP contribution in [0.1, 0.15) is 47.0 Å². The van der Waals surface area contributed by atoms with Crippen molar-refractivity contribution in [3.63, 3.8) is 0 Å². The molecule has 144 valence electrons. The zero-order valence-electron chi connectivity index (χ0n) is 15.9. The van der Waals surface area contributed by atoms with E-state index in [1.165, 1.54) is 0 Å². The Morgan fingerprint density at radius 3 is 2.85 bits per heavy atom. The summed E-state index contributed by atoms with van der Waals surface area (Å²) in [6.07, 6.45) is 1.06. The van der Waals surface area contributed by atoms with Crippen molar-refractivity contribution in [2.24, 2.45) is 11.8 Å². The largest absolute Gasteiger partial charge is 0.461 e. The van der Waals surface area contributed by atoms with Crippen LogP contribution in [0, 0.1) is 11.8 Å². The van der Waals surface area contributed by atoms with Gasteiger partial charge < -0.3 is 19.3 Å². The maximum atomic E-state index is 12.3. The third-order valence-corrected chi connectivity index (χ3v) is 5.55. The Morgan fingerprint density at radius 1 is 1.50 bits per heavy atom. The molecule has 26 heavy (non-hydrogen) atoms. The summed E-state index contributed by atoms with van der Waals surface area (Å²) in [6, 6.07) is 0. The molecule has 1 aliphatic carbocycles. The molecule has 2 fully saturated rings. The predicted molar refractivity (Wildman–Crippen MR) is 94.1 cm³/mol. The highest BCUT2D eigenvalue weighted by Gasteiger charge is 2.57. The number of hydrogen-bond donors (Lipinski definition) is 1. The van der Waals surface area contributed by atoms with E-state index in [2.05, 4.69) is 6.58 Å². The molecular formula is C20H28O6. The third-order valence-electron chi connectivity index (χ3n) is 5.55. The van der Waals surface area contributed by atoms with Crippen molar-refractivity contribution in [3.8, 4) is 0 Å². The molecule has 0 aromatic rings. The van der Waals surface area contributed by atoms with Gasteiger partial charge in [0.15, 0.2) is 0 Å². The van der Waals surface area contributed by atoms with Crippen molar-refractivity contribution >= 4 is 11.9 Å². The van der Waals surface area contributed by atoms with Crippen molar-refractivity contribution < 1.29 is 28.9 Å². The van der Waals surface area contributed by atoms with Gasteiger partial charge in [0.05, 0.1) is 23.7 Å². The molecule has 0 amide bonds. The quantitative estimate of drug-likeness (QED) is 0.358. The minimum atomic E-state index is -0.657. The number of ether oxygens (including phenoxy) is 3. The number of rotatable bonds is 3. The number of carbonyl (C=O) groups excluding carboxylic acids is 2. The minimum absolute atomic E-state index is 0.102. The van der Waals surface area contributed by atoms with Crippen LogP contribution in [0.2, 0.25) is 0 Å². The van der Waals surface area contributed by atoms with Gasteiger partial charge in [-0.3, -0.25) is 4.79 Å². The smallest absolute Gasteiger partial charge is 0.334 e. The first kappa shape index (κ1) is 19.1. The average molecular weight is 364 g/mol. The summed E-state index contributed by atoms with van der Waals surface area (Å²) in [4.78, 5) is 24.4. The van der Waals surface area contributed by atoms with Crippen molar-refractivity contribution in [1.82, 2.24) is 0 Å². The molecule has 3 aliphatic rings. The Labute approximate surface area is 154 Å². The van der Waals surface area contributed by atoms with Gasteiger partial charge in [-0.1, -0.05) is 20.4 Å². The van der Waals surface area contributed by atoms with Crippen LogP contribution in [0.5, 0.6) is 0 Å². The standard InChI is InChI=1S/C20H28O6/c1-10(2)6-17(22)24-15-9-20(5)16(26-20)8-13(21)11(3)7-14-18(15)12(4)19(23)25-14/h7,10,13-16,18,21H,4,6,8-9H2,1-3,5H3/b11-7-/t13-,14-,15-,16-,18+,20-/m1/s1. The lowest BCUT2D eigenvalue weighted by Crippen LogP contribution is -2.38. The van der Waals surface area contributed by atoms with Gasteiger partial charge in [-0.05, 0) is 31.4 Å². The molecule has 0 unspecified atom stereocenters. The highest BCUT2D eigenvalue weighted by Crippen LogP contribution is 2.47. The Kier molecular flexibility index (Phi) is 5.01. The van der Waals surface area contributed by atoms with Crippen LogP contribution in [0.3, 0.4) is 0 Å². The number of aliphatic hydroxyl groups excluding tert-OH is 1. The molecule has 1 N–H and O–H groups in total. The van der Waals surface area contributed by atoms with Gasteiger partial charge in [0.2, 0.25) is 0 Å². The number of aliphatic hydroxyl groups is 1. The molecule has 2 heterocycles. The Hall–Kier alpha value is -1.66. The number of fused-ring (bicyclic) bond motifs is 2. The Morgan fingerprint density at radius 2 is 2.19 bits per heavy atom. The van der Waals surface area contributed by atoms with Gasteiger partial charge in [-0.2, -0.15) is 0 Å². The summed E-state index contributed by atoms with van der Waals surface area (Å²) in [7, 11) is 0. The second kappa shape index (κ2) is 6.82. The van der Waals surface area contributed by atoms with Crippen LogP contribution in [0.15, 0.2) is 23.8 Å². The monoisotopic (exact) mass is 364 g/mol. The second-order valence-electron chi connectivity index (χ2n) is 8.33. The predicted octanol–water partition coefficient (Wildman–Crippen LogP) is 2.30. The van der Waals surface area contributed by atoms with Gasteiger partial charge in [0.25, 0.3) is 0 Å². The molecule has 0 aromatic carbocycles. The topological polar surface area (TPSA) is 85.4 Å². The summed E-state index contributed by atoms with van der Waals surface area (Å²) in [5.41, 5.74) is 0.532. The lowest BCUT2D eigenvalue weighted by Gasteiger charge is -2.29. The average Bonchev–Trinajstić information content (AvgIpc) is 3.04. The zero-order valence-corrected chi connectivity index (χ0v) is 15.9. The molecule has 3 rings (SSSR count). The lowest BCUT2D eigenvalue weighted by molar-refractivity contribution is -0.154. The Balaban J connectivity index is 1.92. The van der Waals surface area contributed by atoms with Gasteiger partial charge >= 0.3 is 11.9 Å². The van der Waals surface area contributed by atoms with Gasteiger partial charge in [0, 0.05) is 24.8 Å². The summed E-state index contributed by atoms with van der Waals surface area (Å²) < 4.78 is 17.1.